The van der Waals surface area contributed by atoms with Gasteiger partial charge in [0.05, 0.1) is 12.0 Å². The second-order valence-corrected chi connectivity index (χ2v) is 9.86. The number of nitrogens with zero attached hydrogens (tertiary/aromatic N) is 2. The van der Waals surface area contributed by atoms with Crippen LogP contribution in [0.4, 0.5) is 10.5 Å². The number of rotatable bonds is 7. The first-order valence-electron chi connectivity index (χ1n) is 10.9. The number of Topliss-reactive ketones (excluding diaryl/α,β-unsaturated/α-hetero) is 2. The van der Waals surface area contributed by atoms with Gasteiger partial charge in [0.1, 0.15) is 28.7 Å². The third-order valence-corrected chi connectivity index (χ3v) is 4.32. The number of carbonyl (C=O) groups excluding carboxylic acids is 4. The van der Waals surface area contributed by atoms with Crippen molar-refractivity contribution in [3.8, 4) is 6.07 Å². The SMILES string of the molecule is CC(C)(C)OC(=O)Nc1ccc(C(=O)OC(C)(C)C)cc1CC(=O)CC(=O)c1ccnc(C#N)c1. The van der Waals surface area contributed by atoms with Crippen molar-refractivity contribution >= 4 is 29.3 Å². The minimum Gasteiger partial charge on any atom is -0.456 e. The molecule has 184 valence electrons. The Morgan fingerprint density at radius 1 is 0.943 bits per heavy atom. The number of benzene rings is 1. The highest BCUT2D eigenvalue weighted by atomic mass is 16.6. The Labute approximate surface area is 204 Å². The fourth-order valence-corrected chi connectivity index (χ4v) is 2.96. The lowest BCUT2D eigenvalue weighted by molar-refractivity contribution is -0.117. The number of anilines is 1. The number of esters is 1. The molecule has 35 heavy (non-hydrogen) atoms. The molecule has 1 amide bonds. The molecule has 1 N–H and O–H groups in total. The normalized spacial score (nSPS) is 11.2. The fourth-order valence-electron chi connectivity index (χ4n) is 2.96. The average Bonchev–Trinajstić information content (AvgIpc) is 2.72. The van der Waals surface area contributed by atoms with E-state index in [9.17, 15) is 19.2 Å². The van der Waals surface area contributed by atoms with Gasteiger partial charge in [0.15, 0.2) is 5.78 Å². The van der Waals surface area contributed by atoms with Crippen molar-refractivity contribution in [3.05, 3.63) is 58.9 Å². The first-order valence-corrected chi connectivity index (χ1v) is 10.9. The molecule has 0 aliphatic rings. The van der Waals surface area contributed by atoms with Crippen molar-refractivity contribution in [2.45, 2.75) is 65.6 Å². The number of amides is 1. The maximum atomic E-state index is 12.8. The van der Waals surface area contributed by atoms with Gasteiger partial charge in [-0.05, 0) is 77.4 Å². The molecule has 0 unspecified atom stereocenters. The summed E-state index contributed by atoms with van der Waals surface area (Å²) in [6.07, 6.45) is -0.0713. The number of pyridine rings is 1. The van der Waals surface area contributed by atoms with Gasteiger partial charge in [-0.2, -0.15) is 5.26 Å². The average molecular weight is 480 g/mol. The van der Waals surface area contributed by atoms with Gasteiger partial charge in [0, 0.05) is 23.9 Å². The molecule has 1 heterocycles. The van der Waals surface area contributed by atoms with Crippen molar-refractivity contribution < 1.29 is 28.7 Å². The van der Waals surface area contributed by atoms with Crippen LogP contribution in [0.3, 0.4) is 0 Å². The van der Waals surface area contributed by atoms with E-state index < -0.39 is 41.3 Å². The number of nitrogens with one attached hydrogen (secondary N) is 1. The third-order valence-electron chi connectivity index (χ3n) is 4.32. The highest BCUT2D eigenvalue weighted by Gasteiger charge is 2.22. The van der Waals surface area contributed by atoms with Crippen molar-refractivity contribution in [1.29, 1.82) is 5.26 Å². The van der Waals surface area contributed by atoms with E-state index in [2.05, 4.69) is 10.3 Å². The van der Waals surface area contributed by atoms with Crippen LogP contribution in [-0.2, 0) is 20.7 Å². The van der Waals surface area contributed by atoms with Gasteiger partial charge in [-0.3, -0.25) is 14.9 Å². The molecule has 0 bridgehead atoms. The Hall–Kier alpha value is -4.06. The lowest BCUT2D eigenvalue weighted by Gasteiger charge is -2.21. The van der Waals surface area contributed by atoms with Crippen molar-refractivity contribution in [2.24, 2.45) is 0 Å². The molecular weight excluding hydrogens is 450 g/mol. The molecule has 0 aliphatic carbocycles. The van der Waals surface area contributed by atoms with Crippen LogP contribution in [0.15, 0.2) is 36.5 Å². The Kier molecular flexibility index (Phi) is 8.47. The smallest absolute Gasteiger partial charge is 0.412 e. The summed E-state index contributed by atoms with van der Waals surface area (Å²) in [5, 5.41) is 11.6. The second-order valence-electron chi connectivity index (χ2n) is 9.86. The predicted octanol–water partition coefficient (Wildman–Crippen LogP) is 4.64. The van der Waals surface area contributed by atoms with Gasteiger partial charge >= 0.3 is 12.1 Å². The van der Waals surface area contributed by atoms with Crippen molar-refractivity contribution in [2.75, 3.05) is 5.32 Å². The molecule has 1 aromatic carbocycles. The van der Waals surface area contributed by atoms with Crippen LogP contribution in [0.2, 0.25) is 0 Å². The quantitative estimate of drug-likeness (QED) is 0.345. The largest absolute Gasteiger partial charge is 0.456 e. The summed E-state index contributed by atoms with van der Waals surface area (Å²) < 4.78 is 10.7. The Balaban J connectivity index is 2.28. The number of hydrogen-bond acceptors (Lipinski definition) is 8. The Bertz CT molecular complexity index is 1180. The number of ether oxygens (including phenoxy) is 2. The van der Waals surface area contributed by atoms with Gasteiger partial charge < -0.3 is 9.47 Å². The van der Waals surface area contributed by atoms with E-state index in [0.29, 0.717) is 5.56 Å². The molecular formula is C26H29N3O6. The molecule has 0 atom stereocenters. The third kappa shape index (κ3) is 9.01. The molecule has 2 rings (SSSR count). The number of ketones is 2. The molecule has 0 radical (unpaired) electrons. The molecule has 0 saturated heterocycles. The summed E-state index contributed by atoms with van der Waals surface area (Å²) >= 11 is 0. The zero-order valence-corrected chi connectivity index (χ0v) is 20.7. The van der Waals surface area contributed by atoms with Crippen LogP contribution in [-0.4, -0.2) is 39.8 Å². The molecule has 9 heteroatoms. The van der Waals surface area contributed by atoms with Gasteiger partial charge in [-0.1, -0.05) is 0 Å². The van der Waals surface area contributed by atoms with Crippen LogP contribution in [0.5, 0.6) is 0 Å². The van der Waals surface area contributed by atoms with E-state index in [1.54, 1.807) is 41.5 Å². The molecule has 9 nitrogen and oxygen atoms in total. The summed E-state index contributed by atoms with van der Waals surface area (Å²) in [4.78, 5) is 54.0. The van der Waals surface area contributed by atoms with E-state index in [4.69, 9.17) is 14.7 Å². The van der Waals surface area contributed by atoms with E-state index in [1.807, 2.05) is 6.07 Å². The first-order chi connectivity index (χ1) is 16.2. The second kappa shape index (κ2) is 10.9. The van der Waals surface area contributed by atoms with E-state index in [1.165, 1.54) is 36.5 Å². The number of aromatic nitrogens is 1. The topological polar surface area (TPSA) is 135 Å². The van der Waals surface area contributed by atoms with Gasteiger partial charge in [-0.25, -0.2) is 14.6 Å². The molecule has 0 saturated carbocycles. The monoisotopic (exact) mass is 479 g/mol. The van der Waals surface area contributed by atoms with Gasteiger partial charge in [0.25, 0.3) is 0 Å². The minimum absolute atomic E-state index is 0.0669. The van der Waals surface area contributed by atoms with Gasteiger partial charge in [0.2, 0.25) is 0 Å². The lowest BCUT2D eigenvalue weighted by atomic mass is 9.99. The van der Waals surface area contributed by atoms with Crippen LogP contribution in [0.25, 0.3) is 0 Å². The highest BCUT2D eigenvalue weighted by Crippen LogP contribution is 2.23. The summed E-state index contributed by atoms with van der Waals surface area (Å²) in [6, 6.07) is 8.99. The van der Waals surface area contributed by atoms with Crippen LogP contribution >= 0.6 is 0 Å². The summed E-state index contributed by atoms with van der Waals surface area (Å²) in [7, 11) is 0. The van der Waals surface area contributed by atoms with E-state index in [0.717, 1.165) is 0 Å². The van der Waals surface area contributed by atoms with Gasteiger partial charge in [-0.15, -0.1) is 0 Å². The summed E-state index contributed by atoms with van der Waals surface area (Å²) in [5.41, 5.74) is -0.420. The highest BCUT2D eigenvalue weighted by molar-refractivity contribution is 6.08. The molecule has 0 spiro atoms. The molecule has 2 aromatic rings. The minimum atomic E-state index is -0.740. The van der Waals surface area contributed by atoms with E-state index in [-0.39, 0.29) is 28.9 Å². The van der Waals surface area contributed by atoms with Crippen molar-refractivity contribution in [1.82, 2.24) is 4.98 Å². The molecule has 0 fully saturated rings. The van der Waals surface area contributed by atoms with Crippen molar-refractivity contribution in [3.63, 3.8) is 0 Å². The Morgan fingerprint density at radius 2 is 1.60 bits per heavy atom. The van der Waals surface area contributed by atoms with Crippen LogP contribution in [0, 0.1) is 11.3 Å². The number of hydrogen-bond donors (Lipinski definition) is 1. The summed E-state index contributed by atoms with van der Waals surface area (Å²) in [6.45, 7) is 10.3. The standard InChI is InChI=1S/C26H29N3O6/c1-25(2,3)34-23(32)17-7-8-21(29-24(33)35-26(4,5)6)18(11-17)13-20(30)14-22(31)16-9-10-28-19(12-16)15-27/h7-12H,13-14H2,1-6H3,(H,29,33). The first kappa shape index (κ1) is 27.2. The Morgan fingerprint density at radius 3 is 2.20 bits per heavy atom. The maximum Gasteiger partial charge on any atom is 0.412 e. The maximum absolute atomic E-state index is 12.8. The fraction of sp³-hybridized carbons (Fsp3) is 0.385. The zero-order chi connectivity index (χ0) is 26.4. The summed E-state index contributed by atoms with van der Waals surface area (Å²) in [5.74, 6) is -1.51. The zero-order valence-electron chi connectivity index (χ0n) is 20.7. The number of nitriles is 1. The molecule has 1 aromatic heterocycles. The van der Waals surface area contributed by atoms with Crippen LogP contribution < -0.4 is 5.32 Å². The van der Waals surface area contributed by atoms with Crippen LogP contribution in [0.1, 0.15) is 79.9 Å². The lowest BCUT2D eigenvalue weighted by Crippen LogP contribution is -2.28. The van der Waals surface area contributed by atoms with E-state index >= 15 is 0 Å². The predicted molar refractivity (Wildman–Crippen MR) is 128 cm³/mol. The number of carbonyl (C=O) groups is 4. The molecule has 0 aliphatic heterocycles.